The van der Waals surface area contributed by atoms with Gasteiger partial charge in [0.1, 0.15) is 6.10 Å². The van der Waals surface area contributed by atoms with E-state index in [1.807, 2.05) is 11.8 Å². The Morgan fingerprint density at radius 1 is 0.871 bits per heavy atom. The molecule has 0 radical (unpaired) electrons. The van der Waals surface area contributed by atoms with Crippen molar-refractivity contribution in [3.8, 4) is 0 Å². The standard InChI is InChI=1S/C27H48N2O2/c1-20(27(30)29-16-8-9-17-29)31-26(22-11-4-3-5-12-22)25(19-28-2)24-15-14-21-10-6-7-13-23(21)18-24/h20-26,28H,3-19H2,1-2H3/t20-,21?,23?,24?,25-,26-/m1/s1. The van der Waals surface area contributed by atoms with Crippen LogP contribution in [0.25, 0.3) is 0 Å². The minimum atomic E-state index is -0.296. The molecule has 0 aromatic rings. The number of carbonyl (C=O) groups is 1. The van der Waals surface area contributed by atoms with Crippen molar-refractivity contribution in [2.75, 3.05) is 26.7 Å². The molecule has 3 unspecified atom stereocenters. The van der Waals surface area contributed by atoms with Crippen molar-refractivity contribution in [1.29, 1.82) is 0 Å². The van der Waals surface area contributed by atoms with Crippen LogP contribution in [0.3, 0.4) is 0 Å². The van der Waals surface area contributed by atoms with Crippen LogP contribution in [-0.2, 0) is 9.53 Å². The molecule has 1 saturated heterocycles. The highest BCUT2D eigenvalue weighted by Crippen LogP contribution is 2.47. The quantitative estimate of drug-likeness (QED) is 0.558. The number of amides is 1. The van der Waals surface area contributed by atoms with Crippen molar-refractivity contribution in [1.82, 2.24) is 10.2 Å². The molecule has 6 atom stereocenters. The van der Waals surface area contributed by atoms with Crippen molar-refractivity contribution in [2.45, 2.75) is 109 Å². The van der Waals surface area contributed by atoms with Crippen LogP contribution in [0.2, 0.25) is 0 Å². The molecule has 4 heteroatoms. The van der Waals surface area contributed by atoms with Gasteiger partial charge in [-0.15, -0.1) is 0 Å². The fraction of sp³-hybridized carbons (Fsp3) is 0.963. The Hall–Kier alpha value is -0.610. The first-order valence-electron chi connectivity index (χ1n) is 13.8. The van der Waals surface area contributed by atoms with Crippen LogP contribution in [0.4, 0.5) is 0 Å². The average molecular weight is 433 g/mol. The van der Waals surface area contributed by atoms with E-state index >= 15 is 0 Å². The van der Waals surface area contributed by atoms with Gasteiger partial charge in [0.25, 0.3) is 5.91 Å². The van der Waals surface area contributed by atoms with E-state index < -0.39 is 0 Å². The minimum Gasteiger partial charge on any atom is -0.365 e. The van der Waals surface area contributed by atoms with Crippen LogP contribution in [-0.4, -0.2) is 49.7 Å². The molecule has 4 rings (SSSR count). The molecule has 1 aliphatic heterocycles. The van der Waals surface area contributed by atoms with E-state index in [0.717, 1.165) is 50.2 Å². The first kappa shape index (κ1) is 23.5. The zero-order valence-corrected chi connectivity index (χ0v) is 20.3. The molecular weight excluding hydrogens is 384 g/mol. The number of hydrogen-bond acceptors (Lipinski definition) is 3. The van der Waals surface area contributed by atoms with Crippen molar-refractivity contribution < 1.29 is 9.53 Å². The van der Waals surface area contributed by atoms with Crippen LogP contribution in [0.1, 0.15) is 96.8 Å². The third-order valence-corrected chi connectivity index (χ3v) is 9.29. The molecule has 3 aliphatic carbocycles. The summed E-state index contributed by atoms with van der Waals surface area (Å²) in [5.41, 5.74) is 0. The Kier molecular flexibility index (Phi) is 8.73. The van der Waals surface area contributed by atoms with Crippen LogP contribution < -0.4 is 5.32 Å². The smallest absolute Gasteiger partial charge is 0.251 e. The first-order valence-corrected chi connectivity index (χ1v) is 13.8. The predicted molar refractivity (Wildman–Crippen MR) is 127 cm³/mol. The second-order valence-corrected chi connectivity index (χ2v) is 11.3. The summed E-state index contributed by atoms with van der Waals surface area (Å²) in [5, 5.41) is 3.54. The number of nitrogens with zero attached hydrogens (tertiary/aromatic N) is 1. The number of likely N-dealkylation sites (tertiary alicyclic amines) is 1. The third-order valence-electron chi connectivity index (χ3n) is 9.29. The van der Waals surface area contributed by atoms with Gasteiger partial charge >= 0.3 is 0 Å². The van der Waals surface area contributed by atoms with E-state index in [1.54, 1.807) is 0 Å². The van der Waals surface area contributed by atoms with Gasteiger partial charge < -0.3 is 15.0 Å². The molecule has 1 N–H and O–H groups in total. The fourth-order valence-corrected chi connectivity index (χ4v) is 7.60. The van der Waals surface area contributed by atoms with Gasteiger partial charge in [-0.3, -0.25) is 4.79 Å². The highest BCUT2D eigenvalue weighted by molar-refractivity contribution is 5.80. The molecule has 3 saturated carbocycles. The SMILES string of the molecule is CNC[C@H](C1CCC2CCCCC2C1)[C@H](O[C@H](C)C(=O)N1CCCC1)C1CCCCC1. The highest BCUT2D eigenvalue weighted by Gasteiger charge is 2.42. The van der Waals surface area contributed by atoms with Crippen LogP contribution in [0, 0.1) is 29.6 Å². The predicted octanol–water partition coefficient (Wildman–Crippen LogP) is 5.40. The van der Waals surface area contributed by atoms with Gasteiger partial charge in [-0.2, -0.15) is 0 Å². The Balaban J connectivity index is 1.48. The van der Waals surface area contributed by atoms with E-state index in [2.05, 4.69) is 12.4 Å². The summed E-state index contributed by atoms with van der Waals surface area (Å²) in [6.07, 6.45) is 18.9. The van der Waals surface area contributed by atoms with Gasteiger partial charge in [-0.25, -0.2) is 0 Å². The largest absolute Gasteiger partial charge is 0.365 e. The summed E-state index contributed by atoms with van der Waals surface area (Å²) in [6.45, 7) is 4.91. The Morgan fingerprint density at radius 3 is 2.26 bits per heavy atom. The van der Waals surface area contributed by atoms with Gasteiger partial charge in [0.2, 0.25) is 0 Å². The average Bonchev–Trinajstić information content (AvgIpc) is 3.36. The molecule has 4 nitrogen and oxygen atoms in total. The molecule has 1 heterocycles. The van der Waals surface area contributed by atoms with Crippen molar-refractivity contribution in [3.05, 3.63) is 0 Å². The molecule has 31 heavy (non-hydrogen) atoms. The second kappa shape index (κ2) is 11.5. The molecule has 0 aromatic carbocycles. The summed E-state index contributed by atoms with van der Waals surface area (Å²) in [4.78, 5) is 15.1. The Morgan fingerprint density at radius 2 is 1.55 bits per heavy atom. The molecule has 178 valence electrons. The lowest BCUT2D eigenvalue weighted by Gasteiger charge is -2.46. The van der Waals surface area contributed by atoms with E-state index in [1.165, 1.54) is 77.0 Å². The Bertz CT molecular complexity index is 555. The van der Waals surface area contributed by atoms with Gasteiger partial charge in [0.15, 0.2) is 0 Å². The summed E-state index contributed by atoms with van der Waals surface area (Å²) in [5.74, 6) is 4.10. The van der Waals surface area contributed by atoms with Crippen LogP contribution >= 0.6 is 0 Å². The normalized spacial score (nSPS) is 33.0. The van der Waals surface area contributed by atoms with Crippen LogP contribution in [0.5, 0.6) is 0 Å². The van der Waals surface area contributed by atoms with Gasteiger partial charge in [0, 0.05) is 25.6 Å². The van der Waals surface area contributed by atoms with Gasteiger partial charge in [0.05, 0.1) is 6.10 Å². The van der Waals surface area contributed by atoms with E-state index in [-0.39, 0.29) is 18.1 Å². The van der Waals surface area contributed by atoms with Gasteiger partial charge in [-0.1, -0.05) is 44.9 Å². The van der Waals surface area contributed by atoms with Crippen molar-refractivity contribution in [2.24, 2.45) is 29.6 Å². The zero-order valence-electron chi connectivity index (χ0n) is 20.3. The highest BCUT2D eigenvalue weighted by atomic mass is 16.5. The molecule has 0 aromatic heterocycles. The van der Waals surface area contributed by atoms with Crippen molar-refractivity contribution >= 4 is 5.91 Å². The van der Waals surface area contributed by atoms with E-state index in [0.29, 0.717) is 11.8 Å². The number of fused-ring (bicyclic) bond motifs is 1. The lowest BCUT2D eigenvalue weighted by Crippen LogP contribution is -2.48. The van der Waals surface area contributed by atoms with Crippen molar-refractivity contribution in [3.63, 3.8) is 0 Å². The molecule has 4 aliphatic rings. The first-order chi connectivity index (χ1) is 15.2. The zero-order chi connectivity index (χ0) is 21.6. The van der Waals surface area contributed by atoms with Crippen LogP contribution in [0.15, 0.2) is 0 Å². The van der Waals surface area contributed by atoms with Gasteiger partial charge in [-0.05, 0) is 82.6 Å². The molecule has 0 spiro atoms. The molecular formula is C27H48N2O2. The summed E-state index contributed by atoms with van der Waals surface area (Å²) in [6, 6.07) is 0. The van der Waals surface area contributed by atoms with E-state index in [4.69, 9.17) is 4.74 Å². The van der Waals surface area contributed by atoms with E-state index in [9.17, 15) is 4.79 Å². The Labute approximate surface area is 191 Å². The minimum absolute atomic E-state index is 0.234. The summed E-state index contributed by atoms with van der Waals surface area (Å²) < 4.78 is 6.84. The number of carbonyl (C=O) groups excluding carboxylic acids is 1. The molecule has 0 bridgehead atoms. The fourth-order valence-electron chi connectivity index (χ4n) is 7.60. The number of hydrogen-bond donors (Lipinski definition) is 1. The number of rotatable bonds is 8. The molecule has 1 amide bonds. The monoisotopic (exact) mass is 432 g/mol. The second-order valence-electron chi connectivity index (χ2n) is 11.3. The maximum atomic E-state index is 13.1. The maximum absolute atomic E-state index is 13.1. The summed E-state index contributed by atoms with van der Waals surface area (Å²) >= 11 is 0. The molecule has 4 fully saturated rings. The summed E-state index contributed by atoms with van der Waals surface area (Å²) in [7, 11) is 2.11. The number of ether oxygens (including phenoxy) is 1. The third kappa shape index (κ3) is 5.85. The maximum Gasteiger partial charge on any atom is 0.251 e. The lowest BCUT2D eigenvalue weighted by molar-refractivity contribution is -0.154. The topological polar surface area (TPSA) is 41.6 Å². The number of nitrogens with one attached hydrogen (secondary N) is 1. The lowest BCUT2D eigenvalue weighted by atomic mass is 9.63.